The maximum absolute atomic E-state index is 9.63. The summed E-state index contributed by atoms with van der Waals surface area (Å²) in [4.78, 5) is 0. The zero-order chi connectivity index (χ0) is 10.7. The van der Waals surface area contributed by atoms with Gasteiger partial charge >= 0.3 is 0 Å². The van der Waals surface area contributed by atoms with Gasteiger partial charge in [-0.05, 0) is 17.7 Å². The second kappa shape index (κ2) is 4.98. The highest BCUT2D eigenvalue weighted by atomic mass is 79.9. The lowest BCUT2D eigenvalue weighted by Crippen LogP contribution is -2.19. The van der Waals surface area contributed by atoms with Crippen molar-refractivity contribution >= 4 is 33.2 Å². The molecule has 0 aliphatic carbocycles. The normalized spacial score (nSPS) is 15.1. The van der Waals surface area contributed by atoms with Crippen molar-refractivity contribution in [2.75, 3.05) is 11.1 Å². The largest absolute Gasteiger partial charge is 0.398 e. The molecule has 0 aromatic heterocycles. The Balaban J connectivity index is 2.91. The molecule has 78 valence electrons. The molecule has 0 bridgehead atoms. The number of aliphatic hydroxyl groups is 2. The van der Waals surface area contributed by atoms with Gasteiger partial charge < -0.3 is 15.9 Å². The fraction of sp³-hybridized carbons (Fsp3) is 0.333. The fourth-order valence-electron chi connectivity index (χ4n) is 1.05. The van der Waals surface area contributed by atoms with Crippen molar-refractivity contribution in [3.63, 3.8) is 0 Å². The molecule has 0 fully saturated rings. The SMILES string of the molecule is Nc1cc(C(O)C(O)CBr)ccc1Cl. The minimum Gasteiger partial charge on any atom is -0.398 e. The van der Waals surface area contributed by atoms with Gasteiger partial charge in [0.2, 0.25) is 0 Å². The summed E-state index contributed by atoms with van der Waals surface area (Å²) >= 11 is 8.80. The van der Waals surface area contributed by atoms with Crippen LogP contribution in [-0.4, -0.2) is 21.6 Å². The molecule has 2 atom stereocenters. The number of rotatable bonds is 3. The summed E-state index contributed by atoms with van der Waals surface area (Å²) in [5.41, 5.74) is 6.51. The Labute approximate surface area is 95.6 Å². The van der Waals surface area contributed by atoms with Crippen molar-refractivity contribution in [1.82, 2.24) is 0 Å². The molecule has 1 rings (SSSR count). The van der Waals surface area contributed by atoms with E-state index < -0.39 is 12.2 Å². The third-order valence-electron chi connectivity index (χ3n) is 1.88. The minimum atomic E-state index is -0.950. The van der Waals surface area contributed by atoms with E-state index in [2.05, 4.69) is 15.9 Å². The van der Waals surface area contributed by atoms with Gasteiger partial charge in [0.15, 0.2) is 0 Å². The minimum absolute atomic E-state index is 0.302. The Morgan fingerprint density at radius 3 is 2.57 bits per heavy atom. The zero-order valence-electron chi connectivity index (χ0n) is 7.32. The van der Waals surface area contributed by atoms with Crippen molar-refractivity contribution in [3.05, 3.63) is 28.8 Å². The predicted molar refractivity (Wildman–Crippen MR) is 60.6 cm³/mol. The lowest BCUT2D eigenvalue weighted by molar-refractivity contribution is 0.0343. The number of nitrogen functional groups attached to an aromatic ring is 1. The number of anilines is 1. The molecule has 3 nitrogen and oxygen atoms in total. The molecule has 0 heterocycles. The zero-order valence-corrected chi connectivity index (χ0v) is 9.66. The Morgan fingerprint density at radius 2 is 2.07 bits per heavy atom. The second-order valence-corrected chi connectivity index (χ2v) is 4.00. The van der Waals surface area contributed by atoms with Crippen LogP contribution in [0.4, 0.5) is 5.69 Å². The maximum Gasteiger partial charge on any atom is 0.106 e. The van der Waals surface area contributed by atoms with Gasteiger partial charge in [-0.1, -0.05) is 33.6 Å². The third-order valence-corrected chi connectivity index (χ3v) is 2.89. The van der Waals surface area contributed by atoms with E-state index >= 15 is 0 Å². The summed E-state index contributed by atoms with van der Waals surface area (Å²) in [6, 6.07) is 4.78. The molecule has 5 heteroatoms. The fourth-order valence-corrected chi connectivity index (χ4v) is 1.52. The number of hydrogen-bond acceptors (Lipinski definition) is 3. The van der Waals surface area contributed by atoms with E-state index in [1.807, 2.05) is 0 Å². The summed E-state index contributed by atoms with van der Waals surface area (Å²) in [7, 11) is 0. The predicted octanol–water partition coefficient (Wildman–Crippen LogP) is 1.71. The summed E-state index contributed by atoms with van der Waals surface area (Å²) in [5.74, 6) is 0. The standard InChI is InChI=1S/C9H11BrClNO2/c10-4-8(13)9(14)5-1-2-6(11)7(12)3-5/h1-3,8-9,13-14H,4,12H2. The Kier molecular flexibility index (Phi) is 4.19. The molecule has 1 aromatic carbocycles. The highest BCUT2D eigenvalue weighted by Crippen LogP contribution is 2.25. The van der Waals surface area contributed by atoms with Gasteiger partial charge in [-0.15, -0.1) is 0 Å². The molecule has 0 saturated carbocycles. The first kappa shape index (κ1) is 11.8. The lowest BCUT2D eigenvalue weighted by Gasteiger charge is -2.16. The molecule has 4 N–H and O–H groups in total. The molecular formula is C9H11BrClNO2. The van der Waals surface area contributed by atoms with E-state index in [1.165, 1.54) is 0 Å². The van der Waals surface area contributed by atoms with Crippen LogP contribution in [0.3, 0.4) is 0 Å². The van der Waals surface area contributed by atoms with Crippen molar-refractivity contribution < 1.29 is 10.2 Å². The molecule has 2 unspecified atom stereocenters. The Bertz CT molecular complexity index is 322. The molecule has 14 heavy (non-hydrogen) atoms. The van der Waals surface area contributed by atoms with E-state index in [9.17, 15) is 10.2 Å². The summed E-state index contributed by atoms with van der Waals surface area (Å²) in [6.07, 6.45) is -1.80. The molecular weight excluding hydrogens is 269 g/mol. The van der Waals surface area contributed by atoms with Crippen LogP contribution in [0.1, 0.15) is 11.7 Å². The first-order valence-corrected chi connectivity index (χ1v) is 5.53. The molecule has 0 amide bonds. The van der Waals surface area contributed by atoms with Crippen LogP contribution in [0.25, 0.3) is 0 Å². The van der Waals surface area contributed by atoms with Gasteiger partial charge in [0.25, 0.3) is 0 Å². The summed E-state index contributed by atoms with van der Waals surface area (Å²) in [5, 5.41) is 19.7. The molecule has 0 aliphatic heterocycles. The van der Waals surface area contributed by atoms with Crippen molar-refractivity contribution in [1.29, 1.82) is 0 Å². The van der Waals surface area contributed by atoms with Crippen LogP contribution in [0.5, 0.6) is 0 Å². The van der Waals surface area contributed by atoms with Gasteiger partial charge in [0.1, 0.15) is 6.10 Å². The first-order chi connectivity index (χ1) is 6.56. The monoisotopic (exact) mass is 279 g/mol. The smallest absolute Gasteiger partial charge is 0.106 e. The highest BCUT2D eigenvalue weighted by molar-refractivity contribution is 9.09. The summed E-state index contributed by atoms with van der Waals surface area (Å²) < 4.78 is 0. The number of halogens is 2. The van der Waals surface area contributed by atoms with Crippen LogP contribution in [0.15, 0.2) is 18.2 Å². The second-order valence-electron chi connectivity index (χ2n) is 2.95. The molecule has 0 saturated heterocycles. The van der Waals surface area contributed by atoms with Crippen LogP contribution in [0, 0.1) is 0 Å². The van der Waals surface area contributed by atoms with Gasteiger partial charge in [-0.3, -0.25) is 0 Å². The number of alkyl halides is 1. The number of aliphatic hydroxyl groups excluding tert-OH is 2. The van der Waals surface area contributed by atoms with E-state index in [1.54, 1.807) is 18.2 Å². The van der Waals surface area contributed by atoms with Gasteiger partial charge in [0.05, 0.1) is 16.8 Å². The van der Waals surface area contributed by atoms with E-state index in [4.69, 9.17) is 17.3 Å². The Hall–Kier alpha value is -0.290. The number of hydrogen-bond donors (Lipinski definition) is 3. The average molecular weight is 281 g/mol. The van der Waals surface area contributed by atoms with Crippen molar-refractivity contribution in [3.8, 4) is 0 Å². The van der Waals surface area contributed by atoms with E-state index in [-0.39, 0.29) is 0 Å². The van der Waals surface area contributed by atoms with Crippen LogP contribution in [0.2, 0.25) is 5.02 Å². The van der Waals surface area contributed by atoms with E-state index in [0.29, 0.717) is 21.6 Å². The molecule has 0 spiro atoms. The summed E-state index contributed by atoms with van der Waals surface area (Å²) in [6.45, 7) is 0. The van der Waals surface area contributed by atoms with Gasteiger partial charge in [-0.2, -0.15) is 0 Å². The van der Waals surface area contributed by atoms with Gasteiger partial charge in [-0.25, -0.2) is 0 Å². The molecule has 0 radical (unpaired) electrons. The van der Waals surface area contributed by atoms with Crippen LogP contribution < -0.4 is 5.73 Å². The quantitative estimate of drug-likeness (QED) is 0.583. The average Bonchev–Trinajstić information content (AvgIpc) is 2.20. The van der Waals surface area contributed by atoms with Crippen molar-refractivity contribution in [2.24, 2.45) is 0 Å². The highest BCUT2D eigenvalue weighted by Gasteiger charge is 2.17. The molecule has 0 aliphatic rings. The van der Waals surface area contributed by atoms with Crippen molar-refractivity contribution in [2.45, 2.75) is 12.2 Å². The number of nitrogens with two attached hydrogens (primary N) is 1. The topological polar surface area (TPSA) is 66.5 Å². The lowest BCUT2D eigenvalue weighted by atomic mass is 10.1. The van der Waals surface area contributed by atoms with Crippen LogP contribution >= 0.6 is 27.5 Å². The van der Waals surface area contributed by atoms with Gasteiger partial charge in [0, 0.05) is 5.33 Å². The number of benzene rings is 1. The van der Waals surface area contributed by atoms with E-state index in [0.717, 1.165) is 0 Å². The molecule has 1 aromatic rings. The van der Waals surface area contributed by atoms with Crippen LogP contribution in [-0.2, 0) is 0 Å². The third kappa shape index (κ3) is 2.60. The Morgan fingerprint density at radius 1 is 1.43 bits per heavy atom. The maximum atomic E-state index is 9.63. The first-order valence-electron chi connectivity index (χ1n) is 4.03.